The van der Waals surface area contributed by atoms with E-state index in [0.717, 1.165) is 0 Å². The topological polar surface area (TPSA) is 110 Å². The first-order valence-corrected chi connectivity index (χ1v) is 2.81. The molecule has 0 rings (SSSR count). The van der Waals surface area contributed by atoms with E-state index >= 15 is 0 Å². The van der Waals surface area contributed by atoms with Crippen LogP contribution in [0.2, 0.25) is 0 Å². The summed E-state index contributed by atoms with van der Waals surface area (Å²) in [6.45, 7) is 1.72. The lowest BCUT2D eigenvalue weighted by Gasteiger charge is -2.09. The first-order valence-electron chi connectivity index (χ1n) is 2.81. The molecule has 0 heterocycles. The Kier molecular flexibility index (Phi) is 10.1. The fourth-order valence-electron chi connectivity index (χ4n) is 0.197. The average molecular weight is 150 g/mol. The standard InChI is InChI=1S/C4H12N2O.CH2O2/c1-3(7)4(6)2-5;2-1-3/h3-4,7H,2,5-6H2,1H3;1H,(H,2,3). The molecule has 10 heavy (non-hydrogen) atoms. The Morgan fingerprint density at radius 1 is 1.70 bits per heavy atom. The molecule has 0 aromatic rings. The number of hydrogen-bond acceptors (Lipinski definition) is 4. The lowest BCUT2D eigenvalue weighted by atomic mass is 10.2. The van der Waals surface area contributed by atoms with Gasteiger partial charge in [0.25, 0.3) is 6.47 Å². The number of hydrogen-bond donors (Lipinski definition) is 4. The maximum atomic E-state index is 8.62. The third-order valence-electron chi connectivity index (χ3n) is 0.892. The van der Waals surface area contributed by atoms with Gasteiger partial charge in [0.05, 0.1) is 6.10 Å². The normalized spacial score (nSPS) is 14.4. The lowest BCUT2D eigenvalue weighted by molar-refractivity contribution is -0.122. The quantitative estimate of drug-likeness (QED) is 0.353. The summed E-state index contributed by atoms with van der Waals surface area (Å²) in [6, 6.07) is -0.264. The Balaban J connectivity index is 0. The summed E-state index contributed by atoms with van der Waals surface area (Å²) in [6.07, 6.45) is -0.481. The predicted octanol–water partition coefficient (Wildman–Crippen LogP) is -1.65. The van der Waals surface area contributed by atoms with Crippen LogP contribution in [-0.2, 0) is 4.79 Å². The Morgan fingerprint density at radius 2 is 2.00 bits per heavy atom. The number of rotatable bonds is 2. The summed E-state index contributed by atoms with van der Waals surface area (Å²) in [5.74, 6) is 0. The molecule has 0 radical (unpaired) electrons. The van der Waals surface area contributed by atoms with Crippen molar-refractivity contribution in [2.45, 2.75) is 19.1 Å². The van der Waals surface area contributed by atoms with Crippen LogP contribution >= 0.6 is 0 Å². The van der Waals surface area contributed by atoms with Gasteiger partial charge in [-0.15, -0.1) is 0 Å². The molecule has 5 nitrogen and oxygen atoms in total. The van der Waals surface area contributed by atoms with E-state index in [1.807, 2.05) is 0 Å². The molecule has 2 atom stereocenters. The summed E-state index contributed by atoms with van der Waals surface area (Å²) < 4.78 is 0. The highest BCUT2D eigenvalue weighted by Gasteiger charge is 2.03. The van der Waals surface area contributed by atoms with E-state index in [2.05, 4.69) is 0 Å². The molecular weight excluding hydrogens is 136 g/mol. The van der Waals surface area contributed by atoms with E-state index in [0.29, 0.717) is 6.54 Å². The largest absolute Gasteiger partial charge is 0.483 e. The first kappa shape index (κ1) is 12.1. The third kappa shape index (κ3) is 10.4. The minimum Gasteiger partial charge on any atom is -0.483 e. The van der Waals surface area contributed by atoms with Crippen molar-refractivity contribution in [3.05, 3.63) is 0 Å². The van der Waals surface area contributed by atoms with Gasteiger partial charge >= 0.3 is 0 Å². The molecule has 0 bridgehead atoms. The van der Waals surface area contributed by atoms with Gasteiger partial charge in [0.15, 0.2) is 0 Å². The zero-order chi connectivity index (χ0) is 8.57. The van der Waals surface area contributed by atoms with E-state index in [4.69, 9.17) is 26.5 Å². The second-order valence-electron chi connectivity index (χ2n) is 1.75. The summed E-state index contributed by atoms with van der Waals surface area (Å²) in [5.41, 5.74) is 10.3. The van der Waals surface area contributed by atoms with Crippen molar-refractivity contribution in [3.8, 4) is 0 Å². The molecule has 0 aliphatic rings. The van der Waals surface area contributed by atoms with Gasteiger partial charge in [0.1, 0.15) is 0 Å². The molecule has 5 heteroatoms. The van der Waals surface area contributed by atoms with Gasteiger partial charge in [-0.1, -0.05) is 0 Å². The molecule has 0 amide bonds. The maximum Gasteiger partial charge on any atom is 0.290 e. The second-order valence-corrected chi connectivity index (χ2v) is 1.75. The van der Waals surface area contributed by atoms with Crippen molar-refractivity contribution in [1.82, 2.24) is 0 Å². The first-order chi connectivity index (χ1) is 4.59. The van der Waals surface area contributed by atoms with E-state index < -0.39 is 6.10 Å². The summed E-state index contributed by atoms with van der Waals surface area (Å²) in [7, 11) is 0. The van der Waals surface area contributed by atoms with Crippen LogP contribution in [0.5, 0.6) is 0 Å². The van der Waals surface area contributed by atoms with Gasteiger partial charge in [0, 0.05) is 12.6 Å². The number of aliphatic hydroxyl groups excluding tert-OH is 1. The van der Waals surface area contributed by atoms with E-state index in [-0.39, 0.29) is 12.5 Å². The van der Waals surface area contributed by atoms with E-state index in [9.17, 15) is 0 Å². The molecule has 0 saturated carbocycles. The van der Waals surface area contributed by atoms with Crippen molar-refractivity contribution in [3.63, 3.8) is 0 Å². The van der Waals surface area contributed by atoms with Gasteiger partial charge < -0.3 is 21.7 Å². The number of aliphatic hydroxyl groups is 1. The monoisotopic (exact) mass is 150 g/mol. The van der Waals surface area contributed by atoms with Crippen molar-refractivity contribution >= 4 is 6.47 Å². The molecule has 0 aliphatic heterocycles. The van der Waals surface area contributed by atoms with Gasteiger partial charge in [0.2, 0.25) is 0 Å². The summed E-state index contributed by atoms with van der Waals surface area (Å²) >= 11 is 0. The smallest absolute Gasteiger partial charge is 0.290 e. The Hall–Kier alpha value is -0.650. The van der Waals surface area contributed by atoms with Gasteiger partial charge in [-0.05, 0) is 6.92 Å². The molecule has 6 N–H and O–H groups in total. The minimum absolute atomic E-state index is 0.250. The van der Waals surface area contributed by atoms with Gasteiger partial charge in [-0.25, -0.2) is 0 Å². The van der Waals surface area contributed by atoms with Gasteiger partial charge in [-0.3, -0.25) is 4.79 Å². The van der Waals surface area contributed by atoms with Crippen molar-refractivity contribution in [2.24, 2.45) is 11.5 Å². The molecule has 0 spiro atoms. The maximum absolute atomic E-state index is 8.62. The number of carbonyl (C=O) groups is 1. The second kappa shape index (κ2) is 8.35. The van der Waals surface area contributed by atoms with E-state index in [1.165, 1.54) is 0 Å². The lowest BCUT2D eigenvalue weighted by Crippen LogP contribution is -2.39. The van der Waals surface area contributed by atoms with Crippen LogP contribution in [0, 0.1) is 0 Å². The highest BCUT2D eigenvalue weighted by atomic mass is 16.3. The molecule has 0 aromatic heterocycles. The van der Waals surface area contributed by atoms with Crippen LogP contribution in [0.15, 0.2) is 0 Å². The summed E-state index contributed by atoms with van der Waals surface area (Å²) in [5, 5.41) is 15.5. The highest BCUT2D eigenvalue weighted by Crippen LogP contribution is 1.81. The van der Waals surface area contributed by atoms with Crippen molar-refractivity contribution in [2.75, 3.05) is 6.54 Å². The van der Waals surface area contributed by atoms with Crippen LogP contribution in [0.1, 0.15) is 6.92 Å². The number of nitrogens with two attached hydrogens (primary N) is 2. The molecule has 2 unspecified atom stereocenters. The predicted molar refractivity (Wildman–Crippen MR) is 37.4 cm³/mol. The van der Waals surface area contributed by atoms with Crippen LogP contribution < -0.4 is 11.5 Å². The molecular formula is C5H14N2O3. The molecule has 0 aromatic carbocycles. The number of carboxylic acid groups (broad SMARTS) is 1. The highest BCUT2D eigenvalue weighted by molar-refractivity contribution is 5.32. The minimum atomic E-state index is -0.481. The van der Waals surface area contributed by atoms with Crippen LogP contribution in [0.3, 0.4) is 0 Å². The fraction of sp³-hybridized carbons (Fsp3) is 0.800. The van der Waals surface area contributed by atoms with Crippen LogP contribution in [0.4, 0.5) is 0 Å². The summed E-state index contributed by atoms with van der Waals surface area (Å²) in [4.78, 5) is 8.36. The Bertz CT molecular complexity index is 77.3. The molecule has 62 valence electrons. The zero-order valence-corrected chi connectivity index (χ0v) is 5.90. The average Bonchev–Trinajstić information content (AvgIpc) is 1.88. The third-order valence-corrected chi connectivity index (χ3v) is 0.892. The molecule has 0 saturated heterocycles. The van der Waals surface area contributed by atoms with E-state index in [1.54, 1.807) is 6.92 Å². The Morgan fingerprint density at radius 3 is 2.00 bits per heavy atom. The van der Waals surface area contributed by atoms with Crippen LogP contribution in [-0.4, -0.2) is 35.4 Å². The zero-order valence-electron chi connectivity index (χ0n) is 5.90. The van der Waals surface area contributed by atoms with Crippen molar-refractivity contribution in [1.29, 1.82) is 0 Å². The molecule has 0 fully saturated rings. The SMILES string of the molecule is CC(O)C(N)CN.O=CO. The van der Waals surface area contributed by atoms with Gasteiger partial charge in [-0.2, -0.15) is 0 Å². The molecule has 0 aliphatic carbocycles. The fourth-order valence-corrected chi connectivity index (χ4v) is 0.197. The van der Waals surface area contributed by atoms with Crippen molar-refractivity contribution < 1.29 is 15.0 Å². The van der Waals surface area contributed by atoms with Crippen LogP contribution in [0.25, 0.3) is 0 Å². The Labute approximate surface area is 59.6 Å².